The first-order valence-electron chi connectivity index (χ1n) is 7.87. The van der Waals surface area contributed by atoms with Gasteiger partial charge in [-0.05, 0) is 43.1 Å². The lowest BCUT2D eigenvalue weighted by molar-refractivity contribution is 0.0557. The molecule has 0 atom stereocenters. The minimum absolute atomic E-state index is 0.0106. The first kappa shape index (κ1) is 20.8. The number of benzene rings is 1. The summed E-state index contributed by atoms with van der Waals surface area (Å²) < 4.78 is 38.5. The van der Waals surface area contributed by atoms with Gasteiger partial charge in [-0.3, -0.25) is 4.57 Å². The van der Waals surface area contributed by atoms with Crippen molar-refractivity contribution in [3.8, 4) is 0 Å². The van der Waals surface area contributed by atoms with Crippen molar-refractivity contribution in [2.45, 2.75) is 37.1 Å². The van der Waals surface area contributed by atoms with Crippen LogP contribution in [0.5, 0.6) is 0 Å². The summed E-state index contributed by atoms with van der Waals surface area (Å²) in [5, 5.41) is 0. The number of thioether (sulfide) groups is 1. The third-order valence-electron chi connectivity index (χ3n) is 3.82. The molecule has 0 aromatic heterocycles. The molecule has 1 aliphatic rings. The Kier molecular flexibility index (Phi) is 7.47. The second-order valence-corrected chi connectivity index (χ2v) is 9.42. The van der Waals surface area contributed by atoms with E-state index in [1.54, 1.807) is 11.8 Å². The third kappa shape index (κ3) is 5.76. The van der Waals surface area contributed by atoms with Gasteiger partial charge in [0.05, 0.1) is 0 Å². The van der Waals surface area contributed by atoms with Gasteiger partial charge in [0.25, 0.3) is 0 Å². The zero-order valence-corrected chi connectivity index (χ0v) is 16.8. The Morgan fingerprint density at radius 3 is 2.64 bits per heavy atom. The van der Waals surface area contributed by atoms with Crippen molar-refractivity contribution in [2.24, 2.45) is 0 Å². The zero-order chi connectivity index (χ0) is 18.5. The molecule has 0 amide bonds. The minimum atomic E-state index is -5.56. The standard InChI is InChI=1S/C17H20BrF2O3PS/c18-16-11-14(8-9-15(16)17(19,20)24(21,22)23)12-25-10-4-7-13-5-2-1-3-6-13/h2,5-6,8-9,11H,1,3-4,7,10,12H2,(H2,21,22,23). The number of halogens is 3. The summed E-state index contributed by atoms with van der Waals surface area (Å²) >= 11 is 4.71. The largest absolute Gasteiger partial charge is 0.399 e. The van der Waals surface area contributed by atoms with E-state index >= 15 is 0 Å². The summed E-state index contributed by atoms with van der Waals surface area (Å²) in [6.07, 6.45) is 10.9. The maximum atomic E-state index is 13.8. The van der Waals surface area contributed by atoms with Crippen LogP contribution in [0.15, 0.2) is 46.5 Å². The molecule has 8 heteroatoms. The molecule has 0 fully saturated rings. The molecule has 0 unspecified atom stereocenters. The third-order valence-corrected chi connectivity index (χ3v) is 6.56. The maximum absolute atomic E-state index is 13.8. The number of rotatable bonds is 8. The van der Waals surface area contributed by atoms with E-state index in [1.165, 1.54) is 17.7 Å². The number of hydrogen-bond donors (Lipinski definition) is 2. The van der Waals surface area contributed by atoms with Crippen molar-refractivity contribution in [1.82, 2.24) is 0 Å². The molecule has 1 aromatic carbocycles. The number of hydrogen-bond acceptors (Lipinski definition) is 2. The first-order valence-corrected chi connectivity index (χ1v) is 11.4. The Labute approximate surface area is 158 Å². The highest BCUT2D eigenvalue weighted by atomic mass is 79.9. The summed E-state index contributed by atoms with van der Waals surface area (Å²) in [6.45, 7) is 0. The SMILES string of the molecule is O=P(O)(O)C(F)(F)c1ccc(CSCCCC2=CCCC=C2)cc1Br. The molecule has 0 saturated carbocycles. The lowest BCUT2D eigenvalue weighted by Crippen LogP contribution is -2.14. The lowest BCUT2D eigenvalue weighted by Gasteiger charge is -2.19. The Balaban J connectivity index is 1.85. The van der Waals surface area contributed by atoms with Gasteiger partial charge in [0.1, 0.15) is 0 Å². The Morgan fingerprint density at radius 2 is 2.04 bits per heavy atom. The van der Waals surface area contributed by atoms with Crippen LogP contribution in [0.3, 0.4) is 0 Å². The van der Waals surface area contributed by atoms with E-state index in [0.29, 0.717) is 5.75 Å². The minimum Gasteiger partial charge on any atom is -0.320 e. The summed E-state index contributed by atoms with van der Waals surface area (Å²) in [7, 11) is -5.56. The average molecular weight is 453 g/mol. The van der Waals surface area contributed by atoms with Crippen molar-refractivity contribution in [2.75, 3.05) is 5.75 Å². The van der Waals surface area contributed by atoms with Gasteiger partial charge in [0, 0.05) is 15.8 Å². The normalized spacial score (nSPS) is 15.3. The van der Waals surface area contributed by atoms with E-state index in [-0.39, 0.29) is 4.47 Å². The van der Waals surface area contributed by atoms with Gasteiger partial charge in [-0.1, -0.05) is 51.9 Å². The maximum Gasteiger partial charge on any atom is 0.399 e. The van der Waals surface area contributed by atoms with Crippen molar-refractivity contribution in [1.29, 1.82) is 0 Å². The fourth-order valence-electron chi connectivity index (χ4n) is 2.47. The van der Waals surface area contributed by atoms with Crippen LogP contribution in [0.1, 0.15) is 36.8 Å². The molecule has 0 bridgehead atoms. The molecule has 1 aromatic rings. The number of alkyl halides is 2. The summed E-state index contributed by atoms with van der Waals surface area (Å²) in [5.74, 6) is 1.62. The highest BCUT2D eigenvalue weighted by Gasteiger charge is 2.51. The van der Waals surface area contributed by atoms with Gasteiger partial charge in [0.15, 0.2) is 0 Å². The van der Waals surface area contributed by atoms with Gasteiger partial charge in [-0.15, -0.1) is 0 Å². The molecule has 0 radical (unpaired) electrons. The molecule has 0 heterocycles. The van der Waals surface area contributed by atoms with E-state index in [2.05, 4.69) is 34.2 Å². The molecule has 0 spiro atoms. The predicted molar refractivity (Wildman–Crippen MR) is 102 cm³/mol. The Hall–Kier alpha value is -0.460. The second kappa shape index (κ2) is 8.96. The molecule has 0 aliphatic heterocycles. The van der Waals surface area contributed by atoms with Gasteiger partial charge in [-0.25, -0.2) is 0 Å². The van der Waals surface area contributed by atoms with E-state index in [9.17, 15) is 13.3 Å². The van der Waals surface area contributed by atoms with Crippen LogP contribution in [0, 0.1) is 0 Å². The molecule has 1 aliphatic carbocycles. The van der Waals surface area contributed by atoms with Crippen LogP contribution < -0.4 is 0 Å². The summed E-state index contributed by atoms with van der Waals surface area (Å²) in [5.41, 5.74) is -2.68. The average Bonchev–Trinajstić information content (AvgIpc) is 2.54. The van der Waals surface area contributed by atoms with E-state index in [4.69, 9.17) is 9.79 Å². The molecule has 2 rings (SSSR count). The summed E-state index contributed by atoms with van der Waals surface area (Å²) in [6, 6.07) is 4.07. The van der Waals surface area contributed by atoms with E-state index in [1.807, 2.05) is 0 Å². The highest BCUT2D eigenvalue weighted by molar-refractivity contribution is 9.10. The smallest absolute Gasteiger partial charge is 0.320 e. The van der Waals surface area contributed by atoms with Gasteiger partial charge in [-0.2, -0.15) is 20.5 Å². The monoisotopic (exact) mass is 452 g/mol. The molecule has 138 valence electrons. The molecule has 3 nitrogen and oxygen atoms in total. The first-order chi connectivity index (χ1) is 11.7. The van der Waals surface area contributed by atoms with Crippen molar-refractivity contribution in [3.63, 3.8) is 0 Å². The van der Waals surface area contributed by atoms with Crippen LogP contribution in [0.4, 0.5) is 8.78 Å². The van der Waals surface area contributed by atoms with Gasteiger partial charge < -0.3 is 9.79 Å². The fourth-order valence-corrected chi connectivity index (χ4v) is 4.72. The Bertz CT molecular complexity index is 716. The topological polar surface area (TPSA) is 57.5 Å². The van der Waals surface area contributed by atoms with E-state index < -0.39 is 18.8 Å². The second-order valence-electron chi connectivity index (χ2n) is 5.81. The van der Waals surface area contributed by atoms with Crippen LogP contribution in [-0.2, 0) is 16.0 Å². The fraction of sp³-hybridized carbons (Fsp3) is 0.412. The van der Waals surface area contributed by atoms with E-state index in [0.717, 1.165) is 43.1 Å². The Morgan fingerprint density at radius 1 is 1.28 bits per heavy atom. The molecular formula is C17H20BrF2O3PS. The van der Waals surface area contributed by atoms with Crippen LogP contribution in [0.25, 0.3) is 0 Å². The molecule has 25 heavy (non-hydrogen) atoms. The van der Waals surface area contributed by atoms with Crippen LogP contribution >= 0.6 is 35.3 Å². The van der Waals surface area contributed by atoms with Gasteiger partial charge in [0.2, 0.25) is 0 Å². The van der Waals surface area contributed by atoms with Gasteiger partial charge >= 0.3 is 13.3 Å². The molecular weight excluding hydrogens is 433 g/mol. The quantitative estimate of drug-likeness (QED) is 0.377. The highest BCUT2D eigenvalue weighted by Crippen LogP contribution is 2.60. The lowest BCUT2D eigenvalue weighted by atomic mass is 10.0. The van der Waals surface area contributed by atoms with Crippen molar-refractivity contribution >= 4 is 35.3 Å². The summed E-state index contributed by atoms with van der Waals surface area (Å²) in [4.78, 5) is 17.7. The predicted octanol–water partition coefficient (Wildman–Crippen LogP) is 5.97. The number of allylic oxidation sites excluding steroid dienone is 4. The van der Waals surface area contributed by atoms with Crippen LogP contribution in [-0.4, -0.2) is 15.5 Å². The van der Waals surface area contributed by atoms with Crippen molar-refractivity contribution < 1.29 is 23.1 Å². The van der Waals surface area contributed by atoms with Crippen LogP contribution in [0.2, 0.25) is 0 Å². The molecule has 2 N–H and O–H groups in total. The van der Waals surface area contributed by atoms with Crippen molar-refractivity contribution in [3.05, 3.63) is 57.6 Å². The molecule has 0 saturated heterocycles. The zero-order valence-electron chi connectivity index (χ0n) is 13.5.